The van der Waals surface area contributed by atoms with Crippen molar-refractivity contribution in [2.75, 3.05) is 17.3 Å². The number of pyridine rings is 1. The Morgan fingerprint density at radius 1 is 1.62 bits per heavy atom. The van der Waals surface area contributed by atoms with E-state index in [9.17, 15) is 4.79 Å². The van der Waals surface area contributed by atoms with E-state index in [1.807, 2.05) is 19.1 Å². The minimum atomic E-state index is 0.137. The van der Waals surface area contributed by atoms with Crippen LogP contribution in [0, 0.1) is 12.8 Å². The summed E-state index contributed by atoms with van der Waals surface area (Å²) < 4.78 is 0.786. The predicted octanol–water partition coefficient (Wildman–Crippen LogP) is 2.74. The number of hydrogen-bond donors (Lipinski definition) is 0. The van der Waals surface area contributed by atoms with Crippen LogP contribution in [0.3, 0.4) is 0 Å². The molecule has 1 unspecified atom stereocenters. The zero-order valence-electron chi connectivity index (χ0n) is 8.91. The number of hydrogen-bond acceptors (Lipinski definition) is 2. The minimum absolute atomic E-state index is 0.137. The first-order valence-electron chi connectivity index (χ1n) is 5.11. The predicted molar refractivity (Wildman–Crippen MR) is 67.9 cm³/mol. The number of aryl methyl sites for hydroxylation is 1. The van der Waals surface area contributed by atoms with Gasteiger partial charge in [0.15, 0.2) is 0 Å². The lowest BCUT2D eigenvalue weighted by Crippen LogP contribution is -2.25. The van der Waals surface area contributed by atoms with Crippen LogP contribution in [0.2, 0.25) is 0 Å². The monoisotopic (exact) mass is 302 g/mol. The van der Waals surface area contributed by atoms with E-state index in [2.05, 4.69) is 20.9 Å². The van der Waals surface area contributed by atoms with Crippen molar-refractivity contribution < 1.29 is 4.79 Å². The second kappa shape index (κ2) is 4.72. The third-order valence-electron chi connectivity index (χ3n) is 2.74. The summed E-state index contributed by atoms with van der Waals surface area (Å²) in [6.45, 7) is 2.61. The van der Waals surface area contributed by atoms with Crippen molar-refractivity contribution in [3.05, 3.63) is 22.4 Å². The molecule has 1 saturated heterocycles. The third-order valence-corrected chi connectivity index (χ3v) is 3.62. The van der Waals surface area contributed by atoms with E-state index < -0.39 is 0 Å². The van der Waals surface area contributed by atoms with Gasteiger partial charge in [0.05, 0.1) is 11.4 Å². The number of aromatic nitrogens is 1. The number of anilines is 1. The fourth-order valence-electron chi connectivity index (χ4n) is 1.93. The molecule has 2 heterocycles. The number of alkyl halides is 1. The normalized spacial score (nSPS) is 20.6. The van der Waals surface area contributed by atoms with Crippen LogP contribution in [0.5, 0.6) is 0 Å². The average molecular weight is 304 g/mol. The van der Waals surface area contributed by atoms with Gasteiger partial charge < -0.3 is 4.90 Å². The Kier molecular flexibility index (Phi) is 3.50. The molecule has 0 bridgehead atoms. The molecular formula is C11H12BrClN2O. The Bertz CT molecular complexity index is 424. The van der Waals surface area contributed by atoms with E-state index in [1.165, 1.54) is 0 Å². The maximum Gasteiger partial charge on any atom is 0.227 e. The summed E-state index contributed by atoms with van der Waals surface area (Å²) in [7, 11) is 0. The highest BCUT2D eigenvalue weighted by molar-refractivity contribution is 9.10. The van der Waals surface area contributed by atoms with Gasteiger partial charge in [0.25, 0.3) is 0 Å². The maximum absolute atomic E-state index is 11.8. The van der Waals surface area contributed by atoms with Crippen molar-refractivity contribution in [1.82, 2.24) is 4.98 Å². The second-order valence-electron chi connectivity index (χ2n) is 3.97. The van der Waals surface area contributed by atoms with Gasteiger partial charge in [0, 0.05) is 18.8 Å². The van der Waals surface area contributed by atoms with Gasteiger partial charge in [-0.15, -0.1) is 11.6 Å². The third kappa shape index (κ3) is 2.23. The smallest absolute Gasteiger partial charge is 0.227 e. The molecule has 1 aliphatic heterocycles. The summed E-state index contributed by atoms with van der Waals surface area (Å²) in [6, 6.07) is 3.77. The fraction of sp³-hybridized carbons (Fsp3) is 0.455. The van der Waals surface area contributed by atoms with Crippen LogP contribution in [0.1, 0.15) is 12.1 Å². The molecule has 1 fully saturated rings. The first-order chi connectivity index (χ1) is 7.61. The number of carbonyl (C=O) groups is 1. The minimum Gasteiger partial charge on any atom is -0.310 e. The van der Waals surface area contributed by atoms with E-state index in [4.69, 9.17) is 11.6 Å². The van der Waals surface area contributed by atoms with E-state index in [1.54, 1.807) is 4.90 Å². The highest BCUT2D eigenvalue weighted by Crippen LogP contribution is 2.28. The summed E-state index contributed by atoms with van der Waals surface area (Å²) >= 11 is 9.10. The molecule has 16 heavy (non-hydrogen) atoms. The first kappa shape index (κ1) is 11.9. The molecule has 5 heteroatoms. The van der Waals surface area contributed by atoms with Gasteiger partial charge in [0.1, 0.15) is 4.60 Å². The van der Waals surface area contributed by atoms with Crippen LogP contribution >= 0.6 is 27.5 Å². The van der Waals surface area contributed by atoms with Crippen LogP contribution < -0.4 is 4.90 Å². The lowest BCUT2D eigenvalue weighted by molar-refractivity contribution is -0.117. The van der Waals surface area contributed by atoms with Gasteiger partial charge in [-0.2, -0.15) is 0 Å². The summed E-state index contributed by atoms with van der Waals surface area (Å²) in [6.07, 6.45) is 0.541. The van der Waals surface area contributed by atoms with E-state index in [-0.39, 0.29) is 11.8 Å². The topological polar surface area (TPSA) is 33.2 Å². The molecule has 86 valence electrons. The molecule has 2 rings (SSSR count). The average Bonchev–Trinajstić information content (AvgIpc) is 2.60. The Balaban J connectivity index is 2.28. The van der Waals surface area contributed by atoms with E-state index >= 15 is 0 Å². The van der Waals surface area contributed by atoms with Gasteiger partial charge in [-0.25, -0.2) is 4.98 Å². The number of carbonyl (C=O) groups excluding carboxylic acids is 1. The quantitative estimate of drug-likeness (QED) is 0.622. The van der Waals surface area contributed by atoms with Gasteiger partial charge in [-0.05, 0) is 40.9 Å². The van der Waals surface area contributed by atoms with Crippen molar-refractivity contribution in [3.63, 3.8) is 0 Å². The Hall–Kier alpha value is -0.610. The zero-order valence-corrected chi connectivity index (χ0v) is 11.3. The Labute approximate surface area is 108 Å². The first-order valence-corrected chi connectivity index (χ1v) is 6.44. The van der Waals surface area contributed by atoms with E-state index in [0.717, 1.165) is 16.0 Å². The fourth-order valence-corrected chi connectivity index (χ4v) is 2.53. The van der Waals surface area contributed by atoms with Crippen molar-refractivity contribution in [2.45, 2.75) is 13.3 Å². The Morgan fingerprint density at radius 2 is 2.38 bits per heavy atom. The van der Waals surface area contributed by atoms with Crippen molar-refractivity contribution in [2.24, 2.45) is 5.92 Å². The molecule has 0 aliphatic carbocycles. The second-order valence-corrected chi connectivity index (χ2v) is 5.09. The van der Waals surface area contributed by atoms with Crippen molar-refractivity contribution in [1.29, 1.82) is 0 Å². The molecule has 0 saturated carbocycles. The number of halogens is 2. The van der Waals surface area contributed by atoms with Crippen LogP contribution in [0.15, 0.2) is 16.7 Å². The highest BCUT2D eigenvalue weighted by atomic mass is 79.9. The molecule has 0 radical (unpaired) electrons. The van der Waals surface area contributed by atoms with E-state index in [0.29, 0.717) is 18.8 Å². The zero-order chi connectivity index (χ0) is 11.7. The van der Waals surface area contributed by atoms with Gasteiger partial charge >= 0.3 is 0 Å². The number of nitrogens with zero attached hydrogens (tertiary/aromatic N) is 2. The summed E-state index contributed by atoms with van der Waals surface area (Å²) in [5, 5.41) is 0. The van der Waals surface area contributed by atoms with Crippen molar-refractivity contribution in [3.8, 4) is 0 Å². The number of amides is 1. The standard InChI is InChI=1S/C11H12BrClN2O/c1-7-9(2-3-10(12)14-7)15-6-8(5-13)4-11(15)16/h2-3,8H,4-6H2,1H3. The molecule has 3 nitrogen and oxygen atoms in total. The number of rotatable bonds is 2. The molecule has 1 atom stereocenters. The Morgan fingerprint density at radius 3 is 2.94 bits per heavy atom. The SMILES string of the molecule is Cc1nc(Br)ccc1N1CC(CCl)CC1=O. The summed E-state index contributed by atoms with van der Waals surface area (Å²) in [5.74, 6) is 0.931. The highest BCUT2D eigenvalue weighted by Gasteiger charge is 2.30. The van der Waals surface area contributed by atoms with Crippen LogP contribution in [0.4, 0.5) is 5.69 Å². The van der Waals surface area contributed by atoms with Crippen LogP contribution in [-0.4, -0.2) is 23.3 Å². The molecular weight excluding hydrogens is 291 g/mol. The van der Waals surface area contributed by atoms with Crippen molar-refractivity contribution >= 4 is 39.1 Å². The maximum atomic E-state index is 11.8. The summed E-state index contributed by atoms with van der Waals surface area (Å²) in [5.41, 5.74) is 1.75. The summed E-state index contributed by atoms with van der Waals surface area (Å²) in [4.78, 5) is 17.9. The molecule has 0 N–H and O–H groups in total. The molecule has 0 spiro atoms. The largest absolute Gasteiger partial charge is 0.310 e. The molecule has 1 amide bonds. The van der Waals surface area contributed by atoms with Crippen LogP contribution in [0.25, 0.3) is 0 Å². The molecule has 1 aliphatic rings. The molecule has 1 aromatic heterocycles. The van der Waals surface area contributed by atoms with Gasteiger partial charge in [-0.3, -0.25) is 4.79 Å². The lowest BCUT2D eigenvalue weighted by Gasteiger charge is -2.18. The van der Waals surface area contributed by atoms with Gasteiger partial charge in [0.2, 0.25) is 5.91 Å². The molecule has 1 aromatic rings. The lowest BCUT2D eigenvalue weighted by atomic mass is 10.1. The van der Waals surface area contributed by atoms with Crippen LogP contribution in [-0.2, 0) is 4.79 Å². The molecule has 0 aromatic carbocycles. The van der Waals surface area contributed by atoms with Gasteiger partial charge in [-0.1, -0.05) is 0 Å².